The number of hydrogen-bond acceptors (Lipinski definition) is 3. The molecule has 1 fully saturated rings. The maximum absolute atomic E-state index is 12.9. The molecule has 1 saturated heterocycles. The summed E-state index contributed by atoms with van der Waals surface area (Å²) in [5.41, 5.74) is 5.53. The number of benzene rings is 3. The van der Waals surface area contributed by atoms with Crippen LogP contribution in [0.15, 0.2) is 72.8 Å². The molecule has 0 atom stereocenters. The molecule has 0 aromatic heterocycles. The van der Waals surface area contributed by atoms with Crippen LogP contribution in [-0.4, -0.2) is 42.9 Å². The molecule has 1 aliphatic rings. The quantitative estimate of drug-likeness (QED) is 0.398. The molecule has 1 heterocycles. The fourth-order valence-electron chi connectivity index (χ4n) is 4.32. The Morgan fingerprint density at radius 2 is 1.64 bits per heavy atom. The van der Waals surface area contributed by atoms with Gasteiger partial charge in [0, 0.05) is 43.5 Å². The Hall–Kier alpha value is -3.57. The van der Waals surface area contributed by atoms with Crippen LogP contribution in [0, 0.1) is 6.92 Å². The maximum Gasteiger partial charge on any atom is 0.254 e. The highest BCUT2D eigenvalue weighted by Crippen LogP contribution is 2.30. The Morgan fingerprint density at radius 3 is 2.28 bits per heavy atom. The van der Waals surface area contributed by atoms with Crippen molar-refractivity contribution >= 4 is 40.9 Å². The third-order valence-corrected chi connectivity index (χ3v) is 6.83. The first kappa shape index (κ1) is 25.5. The lowest BCUT2D eigenvalue weighted by molar-refractivity contribution is -0.111. The SMILES string of the molecule is Cc1ccccc1C(=O)N1CCN(c2ccc(NC(=O)C=Cc3ccc(C(C)C)cc3)cc2Cl)CC1. The first-order valence-corrected chi connectivity index (χ1v) is 12.7. The average molecular weight is 502 g/mol. The largest absolute Gasteiger partial charge is 0.367 e. The van der Waals surface area contributed by atoms with Crippen molar-refractivity contribution in [3.05, 3.63) is 100 Å². The van der Waals surface area contributed by atoms with Gasteiger partial charge in [0.2, 0.25) is 5.91 Å². The Labute approximate surface area is 218 Å². The van der Waals surface area contributed by atoms with Gasteiger partial charge in [0.05, 0.1) is 10.7 Å². The van der Waals surface area contributed by atoms with Crippen LogP contribution in [0.5, 0.6) is 0 Å². The number of aryl methyl sites for hydroxylation is 1. The first-order valence-electron chi connectivity index (χ1n) is 12.3. The highest BCUT2D eigenvalue weighted by Gasteiger charge is 2.24. The molecule has 4 rings (SSSR count). The van der Waals surface area contributed by atoms with E-state index in [-0.39, 0.29) is 11.8 Å². The minimum atomic E-state index is -0.213. The molecule has 186 valence electrons. The maximum atomic E-state index is 12.9. The van der Waals surface area contributed by atoms with E-state index in [1.807, 2.05) is 60.4 Å². The summed E-state index contributed by atoms with van der Waals surface area (Å²) >= 11 is 6.58. The van der Waals surface area contributed by atoms with E-state index in [4.69, 9.17) is 11.6 Å². The van der Waals surface area contributed by atoms with Gasteiger partial charge in [-0.15, -0.1) is 0 Å². The van der Waals surface area contributed by atoms with Crippen molar-refractivity contribution in [3.8, 4) is 0 Å². The topological polar surface area (TPSA) is 52.7 Å². The molecule has 2 amide bonds. The van der Waals surface area contributed by atoms with Crippen molar-refractivity contribution in [2.75, 3.05) is 36.4 Å². The van der Waals surface area contributed by atoms with Crippen molar-refractivity contribution < 1.29 is 9.59 Å². The summed E-state index contributed by atoms with van der Waals surface area (Å²) in [6.07, 6.45) is 3.32. The van der Waals surface area contributed by atoms with Gasteiger partial charge in [0.25, 0.3) is 5.91 Å². The molecule has 0 bridgehead atoms. The lowest BCUT2D eigenvalue weighted by Crippen LogP contribution is -2.49. The van der Waals surface area contributed by atoms with Crippen molar-refractivity contribution in [1.29, 1.82) is 0 Å². The molecule has 0 spiro atoms. The third-order valence-electron chi connectivity index (χ3n) is 6.53. The van der Waals surface area contributed by atoms with Gasteiger partial charge in [0.15, 0.2) is 0 Å². The van der Waals surface area contributed by atoms with E-state index in [1.165, 1.54) is 11.6 Å². The summed E-state index contributed by atoms with van der Waals surface area (Å²) in [4.78, 5) is 29.4. The molecule has 6 heteroatoms. The monoisotopic (exact) mass is 501 g/mol. The summed E-state index contributed by atoms with van der Waals surface area (Å²) in [6, 6.07) is 21.4. The summed E-state index contributed by atoms with van der Waals surface area (Å²) < 4.78 is 0. The van der Waals surface area contributed by atoms with Crippen LogP contribution >= 0.6 is 11.6 Å². The number of hydrogen-bond donors (Lipinski definition) is 1. The van der Waals surface area contributed by atoms with Crippen molar-refractivity contribution in [1.82, 2.24) is 4.90 Å². The van der Waals surface area contributed by atoms with Crippen LogP contribution in [0.3, 0.4) is 0 Å². The third kappa shape index (κ3) is 6.16. The van der Waals surface area contributed by atoms with E-state index in [0.29, 0.717) is 42.8 Å². The van der Waals surface area contributed by atoms with E-state index in [1.54, 1.807) is 12.1 Å². The minimum Gasteiger partial charge on any atom is -0.367 e. The number of nitrogens with zero attached hydrogens (tertiary/aromatic N) is 2. The molecule has 0 unspecified atom stereocenters. The summed E-state index contributed by atoms with van der Waals surface area (Å²) in [5, 5.41) is 3.45. The minimum absolute atomic E-state index is 0.0702. The highest BCUT2D eigenvalue weighted by atomic mass is 35.5. The molecule has 0 aliphatic carbocycles. The van der Waals surface area contributed by atoms with E-state index in [2.05, 4.69) is 36.2 Å². The van der Waals surface area contributed by atoms with Crippen LogP contribution in [0.1, 0.15) is 46.8 Å². The van der Waals surface area contributed by atoms with Crippen LogP contribution in [0.2, 0.25) is 5.02 Å². The summed E-state index contributed by atoms with van der Waals surface area (Å²) in [5.74, 6) is 0.333. The predicted molar refractivity (Wildman–Crippen MR) is 149 cm³/mol. The normalized spacial score (nSPS) is 13.9. The van der Waals surface area contributed by atoms with Gasteiger partial charge in [-0.3, -0.25) is 9.59 Å². The van der Waals surface area contributed by atoms with Gasteiger partial charge in [-0.25, -0.2) is 0 Å². The molecule has 36 heavy (non-hydrogen) atoms. The van der Waals surface area contributed by atoms with Crippen molar-refractivity contribution in [3.63, 3.8) is 0 Å². The Balaban J connectivity index is 1.33. The van der Waals surface area contributed by atoms with Crippen LogP contribution in [0.4, 0.5) is 11.4 Å². The number of rotatable bonds is 6. The smallest absolute Gasteiger partial charge is 0.254 e. The second kappa shape index (κ2) is 11.4. The summed E-state index contributed by atoms with van der Waals surface area (Å²) in [6.45, 7) is 8.92. The van der Waals surface area contributed by atoms with Crippen LogP contribution in [-0.2, 0) is 4.79 Å². The van der Waals surface area contributed by atoms with E-state index in [0.717, 1.165) is 22.4 Å². The van der Waals surface area contributed by atoms with Crippen LogP contribution < -0.4 is 10.2 Å². The fourth-order valence-corrected chi connectivity index (χ4v) is 4.62. The average Bonchev–Trinajstić information content (AvgIpc) is 2.88. The van der Waals surface area contributed by atoms with Crippen LogP contribution in [0.25, 0.3) is 6.08 Å². The molecule has 3 aromatic rings. The fraction of sp³-hybridized carbons (Fsp3) is 0.267. The number of nitrogens with one attached hydrogen (secondary N) is 1. The number of anilines is 2. The second-order valence-electron chi connectivity index (χ2n) is 9.40. The lowest BCUT2D eigenvalue weighted by Gasteiger charge is -2.36. The first-order chi connectivity index (χ1) is 17.3. The predicted octanol–water partition coefficient (Wildman–Crippen LogP) is 6.39. The molecule has 0 radical (unpaired) electrons. The number of amides is 2. The van der Waals surface area contributed by atoms with Gasteiger partial charge < -0.3 is 15.1 Å². The Bertz CT molecular complexity index is 1260. The summed E-state index contributed by atoms with van der Waals surface area (Å²) in [7, 11) is 0. The van der Waals surface area contributed by atoms with Gasteiger partial charge >= 0.3 is 0 Å². The zero-order chi connectivity index (χ0) is 25.7. The number of carbonyl (C=O) groups excluding carboxylic acids is 2. The van der Waals surface area contributed by atoms with E-state index < -0.39 is 0 Å². The Morgan fingerprint density at radius 1 is 0.944 bits per heavy atom. The van der Waals surface area contributed by atoms with Gasteiger partial charge in [-0.2, -0.15) is 0 Å². The van der Waals surface area contributed by atoms with E-state index in [9.17, 15) is 9.59 Å². The number of carbonyl (C=O) groups is 2. The molecule has 3 aromatic carbocycles. The number of halogens is 1. The van der Waals surface area contributed by atoms with Gasteiger partial charge in [-0.05, 0) is 59.9 Å². The molecule has 1 N–H and O–H groups in total. The Kier molecular flexibility index (Phi) is 8.11. The molecular formula is C30H32ClN3O2. The molecule has 1 aliphatic heterocycles. The second-order valence-corrected chi connectivity index (χ2v) is 9.81. The highest BCUT2D eigenvalue weighted by molar-refractivity contribution is 6.33. The zero-order valence-electron chi connectivity index (χ0n) is 21.0. The zero-order valence-corrected chi connectivity index (χ0v) is 21.8. The van der Waals surface area contributed by atoms with Crippen molar-refractivity contribution in [2.24, 2.45) is 0 Å². The molecule has 0 saturated carbocycles. The van der Waals surface area contributed by atoms with Gasteiger partial charge in [-0.1, -0.05) is 67.9 Å². The van der Waals surface area contributed by atoms with Gasteiger partial charge in [0.1, 0.15) is 0 Å². The molecular weight excluding hydrogens is 470 g/mol. The van der Waals surface area contributed by atoms with Crippen molar-refractivity contribution in [2.45, 2.75) is 26.7 Å². The molecule has 5 nitrogen and oxygen atoms in total. The van der Waals surface area contributed by atoms with E-state index >= 15 is 0 Å². The number of piperazine rings is 1. The standard InChI is InChI=1S/C30H32ClN3O2/c1-21(2)24-11-8-23(9-12-24)10-15-29(35)32-25-13-14-28(27(31)20-25)33-16-18-34(19-17-33)30(36)26-7-5-4-6-22(26)3/h4-15,20-21H,16-19H2,1-3H3,(H,32,35). The lowest BCUT2D eigenvalue weighted by atomic mass is 10.0.